The maximum Gasteiger partial charge on any atom is 0.142 e. The van der Waals surface area contributed by atoms with Crippen LogP contribution in [0.15, 0.2) is 12.1 Å². The molecule has 0 aliphatic carbocycles. The molecule has 0 aromatic carbocycles. The fraction of sp³-hybridized carbons (Fsp3) is 0.667. The molecule has 18 heavy (non-hydrogen) atoms. The zero-order valence-corrected chi connectivity index (χ0v) is 12.3. The second-order valence-electron chi connectivity index (χ2n) is 5.84. The lowest BCUT2D eigenvalue weighted by molar-refractivity contribution is 0.240. The van der Waals surface area contributed by atoms with Crippen molar-refractivity contribution < 1.29 is 4.74 Å². The van der Waals surface area contributed by atoms with Crippen LogP contribution in [-0.4, -0.2) is 18.1 Å². The van der Waals surface area contributed by atoms with Gasteiger partial charge in [-0.25, -0.2) is 0 Å². The molecule has 102 valence electrons. The molecular weight excluding hydrogens is 224 g/mol. The monoisotopic (exact) mass is 250 g/mol. The van der Waals surface area contributed by atoms with Gasteiger partial charge in [-0.3, -0.25) is 4.98 Å². The van der Waals surface area contributed by atoms with Crippen LogP contribution in [0.5, 0.6) is 5.75 Å². The topological polar surface area (TPSA) is 34.2 Å². The number of pyridine rings is 1. The van der Waals surface area contributed by atoms with E-state index in [1.165, 1.54) is 0 Å². The Kier molecular flexibility index (Phi) is 5.60. The van der Waals surface area contributed by atoms with E-state index in [2.05, 4.69) is 38.0 Å². The zero-order valence-electron chi connectivity index (χ0n) is 12.3. The Morgan fingerprint density at radius 1 is 1.28 bits per heavy atom. The molecule has 0 unspecified atom stereocenters. The van der Waals surface area contributed by atoms with Gasteiger partial charge in [0.25, 0.3) is 0 Å². The largest absolute Gasteiger partial charge is 0.492 e. The number of ether oxygens (including phenoxy) is 1. The van der Waals surface area contributed by atoms with Crippen molar-refractivity contribution in [3.63, 3.8) is 0 Å². The average molecular weight is 250 g/mol. The van der Waals surface area contributed by atoms with Crippen LogP contribution in [-0.2, 0) is 6.54 Å². The summed E-state index contributed by atoms with van der Waals surface area (Å²) in [5.41, 5.74) is 2.34. The summed E-state index contributed by atoms with van der Waals surface area (Å²) in [5, 5.41) is 3.30. The molecule has 0 bridgehead atoms. The molecule has 0 fully saturated rings. The SMILES string of the molecule is CCNCc1nc(C)ccc1OCCC(C)(C)C. The molecule has 0 atom stereocenters. The molecule has 0 aliphatic rings. The molecule has 1 aromatic heterocycles. The summed E-state index contributed by atoms with van der Waals surface area (Å²) in [6.07, 6.45) is 1.04. The van der Waals surface area contributed by atoms with Gasteiger partial charge in [-0.2, -0.15) is 0 Å². The minimum Gasteiger partial charge on any atom is -0.492 e. The van der Waals surface area contributed by atoms with Crippen LogP contribution in [0.4, 0.5) is 0 Å². The van der Waals surface area contributed by atoms with Crippen molar-refractivity contribution in [2.75, 3.05) is 13.2 Å². The maximum absolute atomic E-state index is 5.86. The van der Waals surface area contributed by atoms with Crippen molar-refractivity contribution in [1.29, 1.82) is 0 Å². The standard InChI is InChI=1S/C15H26N2O/c1-6-16-11-13-14(8-7-12(2)17-13)18-10-9-15(3,4)5/h7-8,16H,6,9-11H2,1-5H3. The van der Waals surface area contributed by atoms with E-state index in [9.17, 15) is 0 Å². The first kappa shape index (κ1) is 15.0. The zero-order chi connectivity index (χ0) is 13.6. The number of rotatable bonds is 6. The summed E-state index contributed by atoms with van der Waals surface area (Å²) in [5.74, 6) is 0.908. The van der Waals surface area contributed by atoms with Gasteiger partial charge in [-0.1, -0.05) is 27.7 Å². The van der Waals surface area contributed by atoms with Crippen LogP contribution >= 0.6 is 0 Å². The van der Waals surface area contributed by atoms with Gasteiger partial charge in [-0.15, -0.1) is 0 Å². The Balaban J connectivity index is 2.63. The molecule has 0 saturated heterocycles. The van der Waals surface area contributed by atoms with E-state index in [0.29, 0.717) is 5.41 Å². The highest BCUT2D eigenvalue weighted by Crippen LogP contribution is 2.21. The fourth-order valence-electron chi connectivity index (χ4n) is 1.57. The highest BCUT2D eigenvalue weighted by atomic mass is 16.5. The average Bonchev–Trinajstić information content (AvgIpc) is 2.27. The van der Waals surface area contributed by atoms with Gasteiger partial charge in [0.1, 0.15) is 5.75 Å². The molecule has 1 N–H and O–H groups in total. The minimum absolute atomic E-state index is 0.306. The third-order valence-corrected chi connectivity index (χ3v) is 2.72. The molecule has 3 nitrogen and oxygen atoms in total. The Labute approximate surface area is 111 Å². The number of aryl methyl sites for hydroxylation is 1. The summed E-state index contributed by atoms with van der Waals surface area (Å²) in [7, 11) is 0. The van der Waals surface area contributed by atoms with E-state index in [4.69, 9.17) is 4.74 Å². The van der Waals surface area contributed by atoms with Gasteiger partial charge in [0.15, 0.2) is 0 Å². The van der Waals surface area contributed by atoms with Crippen LogP contribution in [0.25, 0.3) is 0 Å². The van der Waals surface area contributed by atoms with Crippen LogP contribution in [0.3, 0.4) is 0 Å². The number of nitrogens with zero attached hydrogens (tertiary/aromatic N) is 1. The summed E-state index contributed by atoms with van der Waals surface area (Å²) < 4.78 is 5.86. The normalized spacial score (nSPS) is 11.6. The van der Waals surface area contributed by atoms with Gasteiger partial charge >= 0.3 is 0 Å². The Morgan fingerprint density at radius 3 is 2.61 bits per heavy atom. The summed E-state index contributed by atoms with van der Waals surface area (Å²) in [6, 6.07) is 4.03. The van der Waals surface area contributed by atoms with Crippen LogP contribution in [0, 0.1) is 12.3 Å². The highest BCUT2D eigenvalue weighted by molar-refractivity contribution is 5.29. The summed E-state index contributed by atoms with van der Waals surface area (Å²) >= 11 is 0. The lowest BCUT2D eigenvalue weighted by atomic mass is 9.93. The first-order valence-corrected chi connectivity index (χ1v) is 6.72. The smallest absolute Gasteiger partial charge is 0.142 e. The van der Waals surface area contributed by atoms with E-state index in [0.717, 1.165) is 43.3 Å². The maximum atomic E-state index is 5.86. The van der Waals surface area contributed by atoms with E-state index < -0.39 is 0 Å². The van der Waals surface area contributed by atoms with Crippen LogP contribution in [0.2, 0.25) is 0 Å². The highest BCUT2D eigenvalue weighted by Gasteiger charge is 2.11. The predicted octanol–water partition coefficient (Wildman–Crippen LogP) is 3.31. The van der Waals surface area contributed by atoms with Crippen LogP contribution < -0.4 is 10.1 Å². The fourth-order valence-corrected chi connectivity index (χ4v) is 1.57. The van der Waals surface area contributed by atoms with Crippen molar-refractivity contribution in [1.82, 2.24) is 10.3 Å². The van der Waals surface area contributed by atoms with Crippen molar-refractivity contribution >= 4 is 0 Å². The molecule has 1 rings (SSSR count). The molecule has 0 saturated carbocycles. The Bertz CT molecular complexity index is 369. The number of hydrogen-bond acceptors (Lipinski definition) is 3. The number of nitrogens with one attached hydrogen (secondary N) is 1. The van der Waals surface area contributed by atoms with Crippen molar-refractivity contribution in [3.8, 4) is 5.75 Å². The van der Waals surface area contributed by atoms with Gasteiger partial charge in [0.05, 0.1) is 12.3 Å². The van der Waals surface area contributed by atoms with Crippen LogP contribution in [0.1, 0.15) is 45.5 Å². The molecular formula is C15H26N2O. The van der Waals surface area contributed by atoms with E-state index in [1.54, 1.807) is 0 Å². The molecule has 3 heteroatoms. The molecule has 0 amide bonds. The molecule has 0 radical (unpaired) electrons. The minimum atomic E-state index is 0.306. The Morgan fingerprint density at radius 2 is 2.00 bits per heavy atom. The third kappa shape index (κ3) is 5.50. The van der Waals surface area contributed by atoms with Crippen molar-refractivity contribution in [2.24, 2.45) is 5.41 Å². The molecule has 0 spiro atoms. The van der Waals surface area contributed by atoms with Gasteiger partial charge in [0, 0.05) is 12.2 Å². The molecule has 0 aliphatic heterocycles. The van der Waals surface area contributed by atoms with Crippen molar-refractivity contribution in [3.05, 3.63) is 23.5 Å². The second-order valence-corrected chi connectivity index (χ2v) is 5.84. The Hall–Kier alpha value is -1.09. The second kappa shape index (κ2) is 6.74. The first-order chi connectivity index (χ1) is 8.42. The summed E-state index contributed by atoms with van der Waals surface area (Å²) in [6.45, 7) is 13.2. The van der Waals surface area contributed by atoms with E-state index >= 15 is 0 Å². The lowest BCUT2D eigenvalue weighted by Gasteiger charge is -2.19. The number of aromatic nitrogens is 1. The van der Waals surface area contributed by atoms with Gasteiger partial charge < -0.3 is 10.1 Å². The van der Waals surface area contributed by atoms with Gasteiger partial charge in [0.2, 0.25) is 0 Å². The number of hydrogen-bond donors (Lipinski definition) is 1. The lowest BCUT2D eigenvalue weighted by Crippen LogP contribution is -2.16. The predicted molar refractivity (Wildman–Crippen MR) is 75.9 cm³/mol. The summed E-state index contributed by atoms with van der Waals surface area (Å²) in [4.78, 5) is 4.54. The van der Waals surface area contributed by atoms with E-state index in [1.807, 2.05) is 19.1 Å². The molecule has 1 aromatic rings. The van der Waals surface area contributed by atoms with E-state index in [-0.39, 0.29) is 0 Å². The van der Waals surface area contributed by atoms with Crippen molar-refractivity contribution in [2.45, 2.75) is 47.6 Å². The third-order valence-electron chi connectivity index (χ3n) is 2.72. The van der Waals surface area contributed by atoms with Gasteiger partial charge in [-0.05, 0) is 37.4 Å². The quantitative estimate of drug-likeness (QED) is 0.841. The molecule has 1 heterocycles. The first-order valence-electron chi connectivity index (χ1n) is 6.72.